The molecule has 0 amide bonds. The van der Waals surface area contributed by atoms with Crippen molar-refractivity contribution in [3.63, 3.8) is 0 Å². The molecule has 12 heavy (non-hydrogen) atoms. The summed E-state index contributed by atoms with van der Waals surface area (Å²) in [6.45, 7) is 5.06. The first kappa shape index (κ1) is 9.19. The molecule has 1 heterocycles. The summed E-state index contributed by atoms with van der Waals surface area (Å²) >= 11 is 0. The van der Waals surface area contributed by atoms with Gasteiger partial charge in [0.25, 0.3) is 0 Å². The predicted octanol–water partition coefficient (Wildman–Crippen LogP) is 0.652. The Balaban J connectivity index is 2.41. The summed E-state index contributed by atoms with van der Waals surface area (Å²) in [5.41, 5.74) is 5.93. The molecule has 0 radical (unpaired) electrons. The topological polar surface area (TPSA) is 56.7 Å². The molecule has 0 aliphatic heterocycles. The zero-order chi connectivity index (χ0) is 8.97. The lowest BCUT2D eigenvalue weighted by Gasteiger charge is -2.17. The molecular formula is C8H16N4. The van der Waals surface area contributed by atoms with Gasteiger partial charge in [-0.1, -0.05) is 25.5 Å². The lowest BCUT2D eigenvalue weighted by Crippen LogP contribution is -2.32. The van der Waals surface area contributed by atoms with Crippen molar-refractivity contribution < 1.29 is 0 Å². The maximum Gasteiger partial charge on any atom is 0.0692 e. The van der Waals surface area contributed by atoms with Crippen molar-refractivity contribution in [1.29, 1.82) is 0 Å². The van der Waals surface area contributed by atoms with E-state index in [2.05, 4.69) is 24.2 Å². The zero-order valence-corrected chi connectivity index (χ0v) is 7.64. The van der Waals surface area contributed by atoms with Crippen LogP contribution in [0.4, 0.5) is 0 Å². The van der Waals surface area contributed by atoms with Gasteiger partial charge >= 0.3 is 0 Å². The molecule has 4 nitrogen and oxygen atoms in total. The van der Waals surface area contributed by atoms with Crippen molar-refractivity contribution >= 4 is 0 Å². The maximum absolute atomic E-state index is 5.93. The molecule has 1 aromatic heterocycles. The summed E-state index contributed by atoms with van der Waals surface area (Å²) in [5.74, 6) is 0.536. The second kappa shape index (κ2) is 4.21. The summed E-state index contributed by atoms with van der Waals surface area (Å²) in [6.07, 6.45) is 4.61. The Morgan fingerprint density at radius 3 is 2.83 bits per heavy atom. The molecule has 68 valence electrons. The van der Waals surface area contributed by atoms with Gasteiger partial charge in [0.1, 0.15) is 0 Å². The van der Waals surface area contributed by atoms with Crippen LogP contribution in [0.15, 0.2) is 12.4 Å². The van der Waals surface area contributed by atoms with Crippen LogP contribution in [0.25, 0.3) is 0 Å². The summed E-state index contributed by atoms with van der Waals surface area (Å²) in [7, 11) is 0. The number of hydrogen-bond acceptors (Lipinski definition) is 3. The zero-order valence-electron chi connectivity index (χ0n) is 7.64. The van der Waals surface area contributed by atoms with Crippen molar-refractivity contribution in [2.75, 3.05) is 0 Å². The molecule has 1 rings (SSSR count). The van der Waals surface area contributed by atoms with Gasteiger partial charge in [-0.15, -0.1) is 5.10 Å². The van der Waals surface area contributed by atoms with Crippen molar-refractivity contribution in [3.8, 4) is 0 Å². The standard InChI is InChI=1S/C8H16N4/c1-3-7(2)8(9)6-12-5-4-10-11-12/h4-5,7-8H,3,6,9H2,1-2H3/t7-,8+/m0/s1. The Bertz CT molecular complexity index is 207. The smallest absolute Gasteiger partial charge is 0.0692 e. The second-order valence-corrected chi connectivity index (χ2v) is 3.17. The molecule has 0 bridgehead atoms. The van der Waals surface area contributed by atoms with Crippen LogP contribution in [0.2, 0.25) is 0 Å². The second-order valence-electron chi connectivity index (χ2n) is 3.17. The van der Waals surface area contributed by atoms with Gasteiger partial charge in [-0.05, 0) is 5.92 Å². The largest absolute Gasteiger partial charge is 0.326 e. The Kier molecular flexibility index (Phi) is 3.22. The number of nitrogens with two attached hydrogens (primary N) is 1. The molecule has 0 aliphatic carbocycles. The van der Waals surface area contributed by atoms with Crippen LogP contribution < -0.4 is 5.73 Å². The summed E-state index contributed by atoms with van der Waals surface area (Å²) in [5, 5.41) is 7.58. The van der Waals surface area contributed by atoms with E-state index in [1.807, 2.05) is 6.20 Å². The van der Waals surface area contributed by atoms with Gasteiger partial charge in [-0.25, -0.2) is 0 Å². The number of nitrogens with zero attached hydrogens (tertiary/aromatic N) is 3. The first-order valence-corrected chi connectivity index (χ1v) is 4.33. The van der Waals surface area contributed by atoms with Crippen LogP contribution in [0.3, 0.4) is 0 Å². The third-order valence-electron chi connectivity index (χ3n) is 2.24. The summed E-state index contributed by atoms with van der Waals surface area (Å²) in [6, 6.07) is 0.177. The third kappa shape index (κ3) is 2.30. The van der Waals surface area contributed by atoms with Gasteiger partial charge in [-0.3, -0.25) is 4.68 Å². The van der Waals surface area contributed by atoms with E-state index in [0.29, 0.717) is 5.92 Å². The van der Waals surface area contributed by atoms with Crippen LogP contribution >= 0.6 is 0 Å². The monoisotopic (exact) mass is 168 g/mol. The van der Waals surface area contributed by atoms with Gasteiger partial charge in [0.15, 0.2) is 0 Å². The molecule has 4 heteroatoms. The highest BCUT2D eigenvalue weighted by Crippen LogP contribution is 2.06. The molecule has 0 aliphatic rings. The van der Waals surface area contributed by atoms with E-state index >= 15 is 0 Å². The Hall–Kier alpha value is -0.900. The van der Waals surface area contributed by atoms with Gasteiger partial charge in [-0.2, -0.15) is 0 Å². The SMILES string of the molecule is CC[C@H](C)[C@H](N)Cn1ccnn1. The van der Waals surface area contributed by atoms with E-state index in [0.717, 1.165) is 13.0 Å². The Labute approximate surface area is 72.8 Å². The van der Waals surface area contributed by atoms with Crippen molar-refractivity contribution in [2.45, 2.75) is 32.9 Å². The van der Waals surface area contributed by atoms with E-state index < -0.39 is 0 Å². The van der Waals surface area contributed by atoms with Crippen molar-refractivity contribution in [2.24, 2.45) is 11.7 Å². The fraction of sp³-hybridized carbons (Fsp3) is 0.750. The number of aromatic nitrogens is 3. The molecule has 0 unspecified atom stereocenters. The van der Waals surface area contributed by atoms with Crippen LogP contribution in [-0.4, -0.2) is 21.0 Å². The third-order valence-corrected chi connectivity index (χ3v) is 2.24. The number of rotatable bonds is 4. The van der Waals surface area contributed by atoms with Crippen LogP contribution in [0.1, 0.15) is 20.3 Å². The molecule has 0 saturated heterocycles. The van der Waals surface area contributed by atoms with E-state index in [1.165, 1.54) is 0 Å². The molecule has 2 atom stereocenters. The fourth-order valence-corrected chi connectivity index (χ4v) is 1.03. The lowest BCUT2D eigenvalue weighted by atomic mass is 10.0. The highest BCUT2D eigenvalue weighted by molar-refractivity contribution is 4.71. The van der Waals surface area contributed by atoms with E-state index in [-0.39, 0.29) is 6.04 Å². The minimum absolute atomic E-state index is 0.177. The first-order chi connectivity index (χ1) is 5.74. The molecule has 0 saturated carbocycles. The van der Waals surface area contributed by atoms with Gasteiger partial charge < -0.3 is 5.73 Å². The van der Waals surface area contributed by atoms with Gasteiger partial charge in [0.2, 0.25) is 0 Å². The van der Waals surface area contributed by atoms with Gasteiger partial charge in [0.05, 0.1) is 12.7 Å². The molecule has 0 aromatic carbocycles. The molecular weight excluding hydrogens is 152 g/mol. The highest BCUT2D eigenvalue weighted by Gasteiger charge is 2.10. The number of hydrogen-bond donors (Lipinski definition) is 1. The average Bonchev–Trinajstić information content (AvgIpc) is 2.55. The van der Waals surface area contributed by atoms with Crippen molar-refractivity contribution in [3.05, 3.63) is 12.4 Å². The van der Waals surface area contributed by atoms with Crippen molar-refractivity contribution in [1.82, 2.24) is 15.0 Å². The van der Waals surface area contributed by atoms with Gasteiger partial charge in [0, 0.05) is 12.2 Å². The van der Waals surface area contributed by atoms with E-state index in [9.17, 15) is 0 Å². The maximum atomic E-state index is 5.93. The first-order valence-electron chi connectivity index (χ1n) is 4.33. The molecule has 1 aromatic rings. The lowest BCUT2D eigenvalue weighted by molar-refractivity contribution is 0.377. The molecule has 0 fully saturated rings. The normalized spacial score (nSPS) is 15.9. The minimum atomic E-state index is 0.177. The van der Waals surface area contributed by atoms with Crippen LogP contribution in [0.5, 0.6) is 0 Å². The molecule has 0 spiro atoms. The van der Waals surface area contributed by atoms with E-state index in [4.69, 9.17) is 5.73 Å². The van der Waals surface area contributed by atoms with Crippen LogP contribution in [0, 0.1) is 5.92 Å². The van der Waals surface area contributed by atoms with Crippen LogP contribution in [-0.2, 0) is 6.54 Å². The Morgan fingerprint density at radius 1 is 1.58 bits per heavy atom. The van der Waals surface area contributed by atoms with E-state index in [1.54, 1.807) is 10.9 Å². The molecule has 2 N–H and O–H groups in total. The minimum Gasteiger partial charge on any atom is -0.326 e. The fourth-order valence-electron chi connectivity index (χ4n) is 1.03. The summed E-state index contributed by atoms with van der Waals surface area (Å²) in [4.78, 5) is 0. The average molecular weight is 168 g/mol. The Morgan fingerprint density at radius 2 is 2.33 bits per heavy atom. The predicted molar refractivity (Wildman–Crippen MR) is 47.5 cm³/mol. The highest BCUT2D eigenvalue weighted by atomic mass is 15.4. The quantitative estimate of drug-likeness (QED) is 0.718. The summed E-state index contributed by atoms with van der Waals surface area (Å²) < 4.78 is 1.77.